The minimum absolute atomic E-state index is 0.0539. The summed E-state index contributed by atoms with van der Waals surface area (Å²) in [6.07, 6.45) is -1.31. The number of urea groups is 1. The summed E-state index contributed by atoms with van der Waals surface area (Å²) in [4.78, 5) is 29.6. The number of rotatable bonds is 3. The number of benzene rings is 1. The molecule has 202 valence electrons. The van der Waals surface area contributed by atoms with Crippen LogP contribution in [-0.4, -0.2) is 98.1 Å². The molecule has 37 heavy (non-hydrogen) atoms. The third kappa shape index (κ3) is 4.81. The third-order valence-electron chi connectivity index (χ3n) is 8.02. The number of alkyl halides is 3. The van der Waals surface area contributed by atoms with Crippen LogP contribution in [0.1, 0.15) is 31.2 Å². The number of likely N-dealkylation sites (tertiary alicyclic amines) is 2. The van der Waals surface area contributed by atoms with Gasteiger partial charge in [0.25, 0.3) is 0 Å². The van der Waals surface area contributed by atoms with Crippen molar-refractivity contribution < 1.29 is 37.0 Å². The van der Waals surface area contributed by atoms with Crippen molar-refractivity contribution in [3.05, 3.63) is 23.8 Å². The van der Waals surface area contributed by atoms with Gasteiger partial charge >= 0.3 is 12.2 Å². The van der Waals surface area contributed by atoms with Gasteiger partial charge in [-0.3, -0.25) is 4.79 Å². The Bertz CT molecular complexity index is 1050. The number of anilines is 1. The van der Waals surface area contributed by atoms with Crippen LogP contribution in [0.2, 0.25) is 0 Å². The Morgan fingerprint density at radius 2 is 1.95 bits per heavy atom. The van der Waals surface area contributed by atoms with E-state index in [2.05, 4.69) is 5.32 Å². The molecule has 2 atom stereocenters. The van der Waals surface area contributed by atoms with E-state index < -0.39 is 11.7 Å². The van der Waals surface area contributed by atoms with Gasteiger partial charge in [0, 0.05) is 38.9 Å². The Labute approximate surface area is 212 Å². The molecular formula is C25H31F3N4O5. The number of nitrogens with one attached hydrogen (secondary N) is 1. The molecule has 9 nitrogen and oxygen atoms in total. The lowest BCUT2D eigenvalue weighted by Crippen LogP contribution is -2.65. The van der Waals surface area contributed by atoms with Crippen LogP contribution in [0.4, 0.5) is 23.7 Å². The molecule has 5 heterocycles. The number of piperidine rings is 1. The highest BCUT2D eigenvalue weighted by molar-refractivity contribution is 5.79. The number of fused-ring (bicyclic) bond motifs is 1. The van der Waals surface area contributed by atoms with E-state index >= 15 is 0 Å². The van der Waals surface area contributed by atoms with Gasteiger partial charge in [0.2, 0.25) is 5.91 Å². The molecule has 0 bridgehead atoms. The summed E-state index contributed by atoms with van der Waals surface area (Å²) in [5.41, 5.74) is -0.914. The van der Waals surface area contributed by atoms with E-state index in [-0.39, 0.29) is 48.1 Å². The molecule has 0 aromatic heterocycles. The molecule has 0 saturated carbocycles. The van der Waals surface area contributed by atoms with Crippen LogP contribution in [0.25, 0.3) is 0 Å². The molecule has 1 spiro atoms. The molecule has 5 aliphatic heterocycles. The number of carbonyl (C=O) groups is 2. The van der Waals surface area contributed by atoms with E-state index in [4.69, 9.17) is 14.2 Å². The summed E-state index contributed by atoms with van der Waals surface area (Å²) in [7, 11) is 0. The van der Waals surface area contributed by atoms with Gasteiger partial charge in [0.15, 0.2) is 0 Å². The second-order valence-corrected chi connectivity index (χ2v) is 10.7. The van der Waals surface area contributed by atoms with Gasteiger partial charge < -0.3 is 34.2 Å². The molecule has 1 aromatic carbocycles. The molecule has 5 fully saturated rings. The highest BCUT2D eigenvalue weighted by atomic mass is 19.4. The predicted octanol–water partition coefficient (Wildman–Crippen LogP) is 2.24. The van der Waals surface area contributed by atoms with Crippen molar-refractivity contribution in [2.75, 3.05) is 57.4 Å². The smallest absolute Gasteiger partial charge is 0.418 e. The molecule has 3 amide bonds. The maximum atomic E-state index is 13.7. The average molecular weight is 525 g/mol. The number of nitrogens with zero attached hydrogens (tertiary/aromatic N) is 3. The highest BCUT2D eigenvalue weighted by Crippen LogP contribution is 2.44. The predicted molar refractivity (Wildman–Crippen MR) is 125 cm³/mol. The van der Waals surface area contributed by atoms with Crippen LogP contribution in [0.3, 0.4) is 0 Å². The number of morpholine rings is 1. The topological polar surface area (TPSA) is 83.6 Å². The normalized spacial score (nSPS) is 27.8. The quantitative estimate of drug-likeness (QED) is 0.653. The minimum atomic E-state index is -4.47. The Morgan fingerprint density at radius 1 is 1.14 bits per heavy atom. The summed E-state index contributed by atoms with van der Waals surface area (Å²) >= 11 is 0. The van der Waals surface area contributed by atoms with Crippen molar-refractivity contribution in [2.45, 2.75) is 55.7 Å². The number of amides is 3. The lowest BCUT2D eigenvalue weighted by molar-refractivity contribution is -0.140. The van der Waals surface area contributed by atoms with Crippen molar-refractivity contribution in [3.8, 4) is 5.75 Å². The van der Waals surface area contributed by atoms with Gasteiger partial charge in [-0.1, -0.05) is 0 Å². The van der Waals surface area contributed by atoms with Crippen LogP contribution in [0.15, 0.2) is 18.2 Å². The zero-order valence-electron chi connectivity index (χ0n) is 20.5. The third-order valence-corrected chi connectivity index (χ3v) is 8.02. The van der Waals surface area contributed by atoms with Gasteiger partial charge in [0.1, 0.15) is 24.1 Å². The molecule has 1 N–H and O–H groups in total. The van der Waals surface area contributed by atoms with Crippen LogP contribution >= 0.6 is 0 Å². The molecule has 6 rings (SSSR count). The fourth-order valence-corrected chi connectivity index (χ4v) is 6.00. The fraction of sp³-hybridized carbons (Fsp3) is 0.680. The summed E-state index contributed by atoms with van der Waals surface area (Å²) in [6.45, 7) is 3.22. The zero-order valence-corrected chi connectivity index (χ0v) is 20.5. The summed E-state index contributed by atoms with van der Waals surface area (Å²) in [6, 6.07) is 3.53. The Morgan fingerprint density at radius 3 is 2.68 bits per heavy atom. The molecule has 5 aliphatic rings. The number of carbonyl (C=O) groups excluding carboxylic acids is 2. The van der Waals surface area contributed by atoms with E-state index in [0.29, 0.717) is 58.0 Å². The van der Waals surface area contributed by atoms with Gasteiger partial charge in [-0.2, -0.15) is 13.2 Å². The summed E-state index contributed by atoms with van der Waals surface area (Å²) in [5, 5.41) is 2.88. The van der Waals surface area contributed by atoms with Crippen LogP contribution in [0.5, 0.6) is 5.75 Å². The fourth-order valence-electron chi connectivity index (χ4n) is 6.00. The standard InChI is InChI=1S/C25H31F3N4O5/c26-25(27,28)18-4-3-16(9-20(18)32-14-24(15-32)6-1-2-8-36-24)37-17-10-31(11-17)23(34)30-7-5-21-19(12-30)29-22(33)13-35-21/h3-4,9,17,19,21H,1-2,5-8,10-15H2,(H,29,33)/t19-,21+/m1/s1. The maximum absolute atomic E-state index is 13.7. The van der Waals surface area contributed by atoms with E-state index in [1.807, 2.05) is 0 Å². The van der Waals surface area contributed by atoms with Gasteiger partial charge in [0.05, 0.1) is 36.5 Å². The average Bonchev–Trinajstić information content (AvgIpc) is 2.83. The van der Waals surface area contributed by atoms with Crippen molar-refractivity contribution >= 4 is 17.6 Å². The van der Waals surface area contributed by atoms with Gasteiger partial charge in [-0.15, -0.1) is 0 Å². The van der Waals surface area contributed by atoms with Crippen LogP contribution in [0, 0.1) is 0 Å². The second-order valence-electron chi connectivity index (χ2n) is 10.7. The maximum Gasteiger partial charge on any atom is 0.418 e. The van der Waals surface area contributed by atoms with Crippen molar-refractivity contribution in [1.82, 2.24) is 15.1 Å². The first-order chi connectivity index (χ1) is 17.7. The second kappa shape index (κ2) is 9.23. The van der Waals surface area contributed by atoms with E-state index in [1.54, 1.807) is 14.7 Å². The monoisotopic (exact) mass is 524 g/mol. The van der Waals surface area contributed by atoms with E-state index in [1.165, 1.54) is 12.1 Å². The van der Waals surface area contributed by atoms with E-state index in [0.717, 1.165) is 25.3 Å². The van der Waals surface area contributed by atoms with Crippen molar-refractivity contribution in [1.29, 1.82) is 0 Å². The number of ether oxygens (including phenoxy) is 3. The number of hydrogen-bond donors (Lipinski definition) is 1. The van der Waals surface area contributed by atoms with E-state index in [9.17, 15) is 22.8 Å². The molecule has 1 aromatic rings. The Balaban J connectivity index is 1.06. The molecule has 5 saturated heterocycles. The van der Waals surface area contributed by atoms with Crippen LogP contribution < -0.4 is 15.0 Å². The van der Waals surface area contributed by atoms with Gasteiger partial charge in [-0.05, 0) is 37.8 Å². The molecular weight excluding hydrogens is 493 g/mol. The SMILES string of the molecule is O=C1CO[C@H]2CCN(C(=O)N3CC(Oc4ccc(C(F)(F)F)c(N5CC6(CCCCO6)C5)c4)C3)C[C@H]2N1. The first kappa shape index (κ1) is 24.6. The first-order valence-electron chi connectivity index (χ1n) is 12.9. The Hall–Kier alpha value is -2.73. The van der Waals surface area contributed by atoms with Crippen molar-refractivity contribution in [3.63, 3.8) is 0 Å². The molecule has 0 radical (unpaired) electrons. The van der Waals surface area contributed by atoms with Crippen LogP contribution in [-0.2, 0) is 20.4 Å². The molecule has 12 heteroatoms. The minimum Gasteiger partial charge on any atom is -0.487 e. The van der Waals surface area contributed by atoms with Crippen molar-refractivity contribution in [2.24, 2.45) is 0 Å². The lowest BCUT2D eigenvalue weighted by atomic mass is 9.85. The molecule has 0 unspecified atom stereocenters. The highest BCUT2D eigenvalue weighted by Gasteiger charge is 2.48. The lowest BCUT2D eigenvalue weighted by Gasteiger charge is -2.53. The zero-order chi connectivity index (χ0) is 25.8. The molecule has 0 aliphatic carbocycles. The largest absolute Gasteiger partial charge is 0.487 e. The Kier molecular flexibility index (Phi) is 6.14. The number of halogens is 3. The summed E-state index contributed by atoms with van der Waals surface area (Å²) in [5.74, 6) is 0.178. The summed E-state index contributed by atoms with van der Waals surface area (Å²) < 4.78 is 58.6. The van der Waals surface area contributed by atoms with Gasteiger partial charge in [-0.25, -0.2) is 4.79 Å². The first-order valence-corrected chi connectivity index (χ1v) is 12.9. The number of hydrogen-bond acceptors (Lipinski definition) is 6.